The number of hydrogen-bond acceptors (Lipinski definition) is 3. The number of carbonyl (C=O) groups excluding carboxylic acids is 1. The first-order valence-electron chi connectivity index (χ1n) is 4.92. The van der Waals surface area contributed by atoms with Gasteiger partial charge in [-0.25, -0.2) is 4.79 Å². The summed E-state index contributed by atoms with van der Waals surface area (Å²) in [6.45, 7) is 1.75. The molecule has 5 heteroatoms. The molecular weight excluding hydrogens is 208 g/mol. The molecule has 1 atom stereocenters. The van der Waals surface area contributed by atoms with Gasteiger partial charge < -0.3 is 15.3 Å². The number of hydrogen-bond donors (Lipinski definition) is 2. The molecule has 1 amide bonds. The lowest BCUT2D eigenvalue weighted by molar-refractivity contribution is -0.118. The van der Waals surface area contributed by atoms with Crippen molar-refractivity contribution in [3.05, 3.63) is 23.8 Å². The van der Waals surface area contributed by atoms with Crippen LogP contribution in [-0.4, -0.2) is 30.1 Å². The number of fused-ring (bicyclic) bond motifs is 1. The van der Waals surface area contributed by atoms with Crippen molar-refractivity contribution in [1.29, 1.82) is 0 Å². The third-order valence-corrected chi connectivity index (χ3v) is 2.68. The van der Waals surface area contributed by atoms with Crippen LogP contribution in [0, 0.1) is 0 Å². The topological polar surface area (TPSA) is 69.6 Å². The predicted octanol–water partition coefficient (Wildman–Crippen LogP) is 1.16. The third kappa shape index (κ3) is 1.50. The zero-order chi connectivity index (χ0) is 11.9. The fourth-order valence-corrected chi connectivity index (χ4v) is 1.78. The molecular formula is C11H12N2O3. The SMILES string of the molecule is CC1Nc2cc(C(=O)O)ccc2N(C)C1=O. The number of carboxylic acid groups (broad SMARTS) is 1. The molecule has 0 spiro atoms. The van der Waals surface area contributed by atoms with Gasteiger partial charge in [-0.05, 0) is 25.1 Å². The zero-order valence-corrected chi connectivity index (χ0v) is 9.02. The molecule has 0 saturated heterocycles. The molecule has 0 fully saturated rings. The van der Waals surface area contributed by atoms with E-state index in [2.05, 4.69) is 5.32 Å². The molecule has 84 valence electrons. The molecule has 0 bridgehead atoms. The summed E-state index contributed by atoms with van der Waals surface area (Å²) in [7, 11) is 1.68. The van der Waals surface area contributed by atoms with E-state index in [0.717, 1.165) is 0 Å². The second kappa shape index (κ2) is 3.52. The molecule has 1 aromatic rings. The smallest absolute Gasteiger partial charge is 0.335 e. The lowest BCUT2D eigenvalue weighted by atomic mass is 10.1. The number of benzene rings is 1. The van der Waals surface area contributed by atoms with Gasteiger partial charge in [0.1, 0.15) is 6.04 Å². The van der Waals surface area contributed by atoms with Crippen molar-refractivity contribution < 1.29 is 14.7 Å². The number of carboxylic acids is 1. The number of rotatable bonds is 1. The first-order chi connectivity index (χ1) is 7.50. The van der Waals surface area contributed by atoms with E-state index in [1.54, 1.807) is 20.0 Å². The fourth-order valence-electron chi connectivity index (χ4n) is 1.78. The minimum absolute atomic E-state index is 0.0319. The normalized spacial score (nSPS) is 19.0. The maximum absolute atomic E-state index is 11.7. The van der Waals surface area contributed by atoms with Gasteiger partial charge in [0.15, 0.2) is 0 Å². The average Bonchev–Trinajstić information content (AvgIpc) is 2.25. The Bertz CT molecular complexity index is 470. The molecule has 2 N–H and O–H groups in total. The van der Waals surface area contributed by atoms with Gasteiger partial charge in [-0.1, -0.05) is 0 Å². The van der Waals surface area contributed by atoms with E-state index in [4.69, 9.17) is 5.11 Å². The molecule has 1 aliphatic heterocycles. The van der Waals surface area contributed by atoms with Gasteiger partial charge in [0, 0.05) is 7.05 Å². The number of likely N-dealkylation sites (N-methyl/N-ethyl adjacent to an activating group) is 1. The summed E-state index contributed by atoms with van der Waals surface area (Å²) in [6, 6.07) is 4.33. The summed E-state index contributed by atoms with van der Waals surface area (Å²) in [5.74, 6) is -1.01. The van der Waals surface area contributed by atoms with Crippen LogP contribution in [0.25, 0.3) is 0 Å². The van der Waals surface area contributed by atoms with Crippen LogP contribution in [0.5, 0.6) is 0 Å². The molecule has 1 aliphatic rings. The van der Waals surface area contributed by atoms with Gasteiger partial charge in [-0.3, -0.25) is 4.79 Å². The minimum atomic E-state index is -0.975. The van der Waals surface area contributed by atoms with Crippen molar-refractivity contribution in [3.8, 4) is 0 Å². The second-order valence-corrected chi connectivity index (χ2v) is 3.80. The standard InChI is InChI=1S/C11H12N2O3/c1-6-10(14)13(2)9-4-3-7(11(15)16)5-8(9)12-6/h3-6,12H,1-2H3,(H,15,16). The van der Waals surface area contributed by atoms with E-state index in [1.807, 2.05) is 0 Å². The molecule has 2 rings (SSSR count). The largest absolute Gasteiger partial charge is 0.478 e. The quantitative estimate of drug-likeness (QED) is 0.745. The Morgan fingerprint density at radius 2 is 2.19 bits per heavy atom. The molecule has 16 heavy (non-hydrogen) atoms. The van der Waals surface area contributed by atoms with Crippen molar-refractivity contribution in [2.75, 3.05) is 17.3 Å². The van der Waals surface area contributed by atoms with Crippen molar-refractivity contribution in [2.24, 2.45) is 0 Å². The fraction of sp³-hybridized carbons (Fsp3) is 0.273. The highest BCUT2D eigenvalue weighted by molar-refractivity contribution is 6.05. The lowest BCUT2D eigenvalue weighted by Crippen LogP contribution is -2.43. The maximum atomic E-state index is 11.7. The molecule has 5 nitrogen and oxygen atoms in total. The van der Waals surface area contributed by atoms with Crippen molar-refractivity contribution >= 4 is 23.3 Å². The summed E-state index contributed by atoms with van der Waals surface area (Å²) in [4.78, 5) is 24.0. The van der Waals surface area contributed by atoms with Gasteiger partial charge in [0.05, 0.1) is 16.9 Å². The maximum Gasteiger partial charge on any atom is 0.335 e. The second-order valence-electron chi connectivity index (χ2n) is 3.80. The average molecular weight is 220 g/mol. The lowest BCUT2D eigenvalue weighted by Gasteiger charge is -2.31. The Labute approximate surface area is 92.7 Å². The Balaban J connectivity index is 2.49. The van der Waals surface area contributed by atoms with Crippen LogP contribution >= 0.6 is 0 Å². The Hall–Kier alpha value is -2.04. The van der Waals surface area contributed by atoms with Crippen LogP contribution in [-0.2, 0) is 4.79 Å². The summed E-state index contributed by atoms with van der Waals surface area (Å²) in [5.41, 5.74) is 1.59. The molecule has 0 saturated carbocycles. The molecule has 1 heterocycles. The highest BCUT2D eigenvalue weighted by atomic mass is 16.4. The third-order valence-electron chi connectivity index (χ3n) is 2.68. The van der Waals surface area contributed by atoms with E-state index < -0.39 is 5.97 Å². The molecule has 1 unspecified atom stereocenters. The van der Waals surface area contributed by atoms with Crippen LogP contribution in [0.1, 0.15) is 17.3 Å². The Kier molecular flexibility index (Phi) is 2.30. The van der Waals surface area contributed by atoms with E-state index in [-0.39, 0.29) is 17.5 Å². The van der Waals surface area contributed by atoms with Crippen LogP contribution < -0.4 is 10.2 Å². The molecule has 1 aromatic carbocycles. The number of carbonyl (C=O) groups is 2. The number of aromatic carboxylic acids is 1. The van der Waals surface area contributed by atoms with Crippen LogP contribution in [0.3, 0.4) is 0 Å². The van der Waals surface area contributed by atoms with Crippen molar-refractivity contribution in [1.82, 2.24) is 0 Å². The Morgan fingerprint density at radius 3 is 2.81 bits per heavy atom. The molecule has 0 radical (unpaired) electrons. The number of anilines is 2. The number of amides is 1. The van der Waals surface area contributed by atoms with E-state index in [9.17, 15) is 9.59 Å². The highest BCUT2D eigenvalue weighted by Crippen LogP contribution is 2.31. The van der Waals surface area contributed by atoms with E-state index in [0.29, 0.717) is 11.4 Å². The monoisotopic (exact) mass is 220 g/mol. The summed E-state index contributed by atoms with van der Waals surface area (Å²) >= 11 is 0. The summed E-state index contributed by atoms with van der Waals surface area (Å²) < 4.78 is 0. The van der Waals surface area contributed by atoms with E-state index >= 15 is 0 Å². The summed E-state index contributed by atoms with van der Waals surface area (Å²) in [6.07, 6.45) is 0. The van der Waals surface area contributed by atoms with Gasteiger partial charge in [0.25, 0.3) is 0 Å². The summed E-state index contributed by atoms with van der Waals surface area (Å²) in [5, 5.41) is 11.8. The van der Waals surface area contributed by atoms with Gasteiger partial charge in [-0.2, -0.15) is 0 Å². The van der Waals surface area contributed by atoms with Crippen LogP contribution in [0.4, 0.5) is 11.4 Å². The van der Waals surface area contributed by atoms with Gasteiger partial charge in [-0.15, -0.1) is 0 Å². The highest BCUT2D eigenvalue weighted by Gasteiger charge is 2.27. The van der Waals surface area contributed by atoms with Crippen LogP contribution in [0.15, 0.2) is 18.2 Å². The van der Waals surface area contributed by atoms with E-state index in [1.165, 1.54) is 17.0 Å². The first-order valence-corrected chi connectivity index (χ1v) is 4.92. The molecule has 0 aliphatic carbocycles. The van der Waals surface area contributed by atoms with Gasteiger partial charge in [0.2, 0.25) is 5.91 Å². The Morgan fingerprint density at radius 1 is 1.50 bits per heavy atom. The minimum Gasteiger partial charge on any atom is -0.478 e. The number of nitrogens with zero attached hydrogens (tertiary/aromatic N) is 1. The molecule has 0 aromatic heterocycles. The van der Waals surface area contributed by atoms with Crippen LogP contribution in [0.2, 0.25) is 0 Å². The van der Waals surface area contributed by atoms with Gasteiger partial charge >= 0.3 is 5.97 Å². The zero-order valence-electron chi connectivity index (χ0n) is 9.02. The van der Waals surface area contributed by atoms with Crippen molar-refractivity contribution in [2.45, 2.75) is 13.0 Å². The first kappa shape index (κ1) is 10.5. The number of nitrogens with one attached hydrogen (secondary N) is 1. The predicted molar refractivity (Wildman–Crippen MR) is 59.9 cm³/mol. The van der Waals surface area contributed by atoms with Crippen molar-refractivity contribution in [3.63, 3.8) is 0 Å².